The first-order chi connectivity index (χ1) is 15.4. The molecule has 0 unspecified atom stereocenters. The molecule has 0 aliphatic rings. The van der Waals surface area contributed by atoms with Gasteiger partial charge in [-0.15, -0.1) is 0 Å². The van der Waals surface area contributed by atoms with Crippen LogP contribution in [0.3, 0.4) is 0 Å². The highest BCUT2D eigenvalue weighted by Gasteiger charge is 2.09. The van der Waals surface area contributed by atoms with Crippen molar-refractivity contribution in [3.63, 3.8) is 0 Å². The summed E-state index contributed by atoms with van der Waals surface area (Å²) in [4.78, 5) is 26.6. The van der Waals surface area contributed by atoms with Crippen molar-refractivity contribution >= 4 is 33.7 Å². The molecule has 168 valence electrons. The van der Waals surface area contributed by atoms with E-state index in [0.29, 0.717) is 23.5 Å². The molecule has 0 saturated carbocycles. The highest BCUT2D eigenvalue weighted by molar-refractivity contribution is 5.94. The molecule has 2 heterocycles. The lowest BCUT2D eigenvalue weighted by molar-refractivity contribution is -0.577. The van der Waals surface area contributed by atoms with Crippen LogP contribution in [0.5, 0.6) is 0 Å². The molecule has 0 bridgehead atoms. The summed E-state index contributed by atoms with van der Waals surface area (Å²) in [6.07, 6.45) is 3.14. The van der Waals surface area contributed by atoms with Crippen molar-refractivity contribution in [2.75, 3.05) is 14.2 Å². The number of ether oxygens (including phenoxy) is 2. The normalized spacial score (nSPS) is 9.78. The van der Waals surface area contributed by atoms with E-state index in [0.717, 1.165) is 21.0 Å². The molecule has 0 aliphatic heterocycles. The van der Waals surface area contributed by atoms with Crippen LogP contribution in [0.15, 0.2) is 73.1 Å². The van der Waals surface area contributed by atoms with E-state index in [1.807, 2.05) is 18.2 Å². The van der Waals surface area contributed by atoms with Crippen LogP contribution in [-0.4, -0.2) is 31.1 Å². The second-order valence-electron chi connectivity index (χ2n) is 6.00. The Hall–Kier alpha value is -4.00. The van der Waals surface area contributed by atoms with Crippen LogP contribution < -0.4 is 4.73 Å². The van der Waals surface area contributed by atoms with Crippen LogP contribution in [0.2, 0.25) is 0 Å². The SMILES string of the molecule is C.COC(=O)c1ccc2c(ccc[n+]2[O-])c1.COC(=O)c1ccc2ncccc2c1.[2H]CC. The zero-order chi connectivity index (χ0) is 23.5. The lowest BCUT2D eigenvalue weighted by Gasteiger charge is -2.02. The third-order valence-corrected chi connectivity index (χ3v) is 4.21. The number of benzene rings is 2. The van der Waals surface area contributed by atoms with Crippen molar-refractivity contribution in [2.24, 2.45) is 0 Å². The number of aromatic nitrogens is 2. The lowest BCUT2D eigenvalue weighted by atomic mass is 10.1. The molecule has 0 atom stereocenters. The highest BCUT2D eigenvalue weighted by atomic mass is 16.5. The van der Waals surface area contributed by atoms with Crippen LogP contribution in [-0.2, 0) is 9.47 Å². The van der Waals surface area contributed by atoms with Crippen molar-refractivity contribution in [1.82, 2.24) is 4.98 Å². The third kappa shape index (κ3) is 6.25. The topological polar surface area (TPSA) is 92.4 Å². The average Bonchev–Trinajstić information content (AvgIpc) is 2.83. The minimum Gasteiger partial charge on any atom is -0.618 e. The Morgan fingerprint density at radius 3 is 2.12 bits per heavy atom. The standard InChI is InChI=1S/C11H9NO3.C11H9NO2.C2H6.CH4/c1-15-11(13)9-4-5-10-8(7-9)3-2-6-12(10)14;1-14-11(13)9-4-5-10-8(7-9)3-2-6-12-10;1-2;/h2-7H,1H3;2-7H,1H3;1-2H3;1H4/i;;1D;. The van der Waals surface area contributed by atoms with Crippen molar-refractivity contribution in [3.8, 4) is 0 Å². The van der Waals surface area contributed by atoms with Gasteiger partial charge in [0.15, 0.2) is 6.20 Å². The molecule has 0 saturated heterocycles. The number of nitrogens with zero attached hydrogens (tertiary/aromatic N) is 2. The molecule has 7 nitrogen and oxygen atoms in total. The maximum Gasteiger partial charge on any atom is 0.337 e. The molecule has 0 N–H and O–H groups in total. The van der Waals surface area contributed by atoms with E-state index in [-0.39, 0.29) is 13.4 Å². The van der Waals surface area contributed by atoms with Gasteiger partial charge in [0.2, 0.25) is 5.52 Å². The molecule has 32 heavy (non-hydrogen) atoms. The molecule has 7 heteroatoms. The Labute approximate surface area is 189 Å². The summed E-state index contributed by atoms with van der Waals surface area (Å²) in [6, 6.07) is 17.3. The summed E-state index contributed by atoms with van der Waals surface area (Å²) >= 11 is 0. The fraction of sp³-hybridized carbons (Fsp3) is 0.200. The maximum absolute atomic E-state index is 11.3. The predicted octanol–water partition coefficient (Wildman–Crippen LogP) is 4.94. The molecule has 0 aliphatic carbocycles. The Bertz CT molecular complexity index is 1210. The molecule has 2 aromatic heterocycles. The van der Waals surface area contributed by atoms with Gasteiger partial charge in [0.05, 0.1) is 30.9 Å². The number of methoxy groups -OCH3 is 2. The maximum atomic E-state index is 11.3. The van der Waals surface area contributed by atoms with E-state index in [9.17, 15) is 14.8 Å². The first-order valence-electron chi connectivity index (χ1n) is 10.1. The van der Waals surface area contributed by atoms with Gasteiger partial charge in [-0.1, -0.05) is 27.3 Å². The average molecular weight is 438 g/mol. The molecule has 2 aromatic carbocycles. The summed E-state index contributed by atoms with van der Waals surface area (Å²) in [5.41, 5.74) is 2.40. The lowest BCUT2D eigenvalue weighted by Crippen LogP contribution is -2.25. The van der Waals surface area contributed by atoms with Gasteiger partial charge in [-0.3, -0.25) is 4.98 Å². The first kappa shape index (κ1) is 24.3. The fourth-order valence-corrected chi connectivity index (χ4v) is 2.76. The minimum atomic E-state index is -0.404. The second kappa shape index (κ2) is 12.6. The van der Waals surface area contributed by atoms with Gasteiger partial charge in [0.25, 0.3) is 0 Å². The molecular weight excluding hydrogens is 408 g/mol. The number of esters is 2. The largest absolute Gasteiger partial charge is 0.618 e. The van der Waals surface area contributed by atoms with E-state index in [4.69, 9.17) is 1.37 Å². The van der Waals surface area contributed by atoms with Crippen molar-refractivity contribution < 1.29 is 25.2 Å². The van der Waals surface area contributed by atoms with Crippen molar-refractivity contribution in [2.45, 2.75) is 21.3 Å². The van der Waals surface area contributed by atoms with Crippen LogP contribution in [0, 0.1) is 5.21 Å². The molecule has 0 amide bonds. The Kier molecular flexibility index (Phi) is 9.59. The van der Waals surface area contributed by atoms with Crippen molar-refractivity contribution in [1.29, 1.82) is 0 Å². The molecule has 4 rings (SSSR count). The van der Waals surface area contributed by atoms with Crippen LogP contribution in [0.1, 0.15) is 43.3 Å². The molecule has 0 fully saturated rings. The van der Waals surface area contributed by atoms with Gasteiger partial charge in [0, 0.05) is 30.5 Å². The summed E-state index contributed by atoms with van der Waals surface area (Å²) < 4.78 is 16.2. The number of rotatable bonds is 2. The Balaban J connectivity index is 0.000000288. The van der Waals surface area contributed by atoms with Crippen LogP contribution in [0.4, 0.5) is 0 Å². The zero-order valence-corrected chi connectivity index (χ0v) is 17.6. The van der Waals surface area contributed by atoms with Gasteiger partial charge in [-0.05, 0) is 42.5 Å². The molecular formula is C25H28N2O5. The minimum absolute atomic E-state index is 0. The van der Waals surface area contributed by atoms with Gasteiger partial charge in [-0.2, -0.15) is 4.73 Å². The van der Waals surface area contributed by atoms with E-state index >= 15 is 0 Å². The number of carbonyl (C=O) groups is 2. The Morgan fingerprint density at radius 2 is 1.50 bits per heavy atom. The zero-order valence-electron chi connectivity index (χ0n) is 18.6. The third-order valence-electron chi connectivity index (χ3n) is 4.21. The van der Waals surface area contributed by atoms with Crippen LogP contribution in [0.25, 0.3) is 21.8 Å². The highest BCUT2D eigenvalue weighted by Crippen LogP contribution is 2.14. The van der Waals surface area contributed by atoms with E-state index in [1.54, 1.807) is 55.6 Å². The van der Waals surface area contributed by atoms with E-state index < -0.39 is 5.97 Å². The fourth-order valence-electron chi connectivity index (χ4n) is 2.76. The number of carbonyl (C=O) groups excluding carboxylic acids is 2. The van der Waals surface area contributed by atoms with E-state index in [2.05, 4.69) is 14.5 Å². The summed E-state index contributed by atoms with van der Waals surface area (Å²) in [5.74, 6) is -0.728. The number of hydrogen-bond acceptors (Lipinski definition) is 6. The quantitative estimate of drug-likeness (QED) is 0.250. The van der Waals surface area contributed by atoms with Gasteiger partial charge < -0.3 is 14.7 Å². The first-order valence-corrected chi connectivity index (χ1v) is 9.37. The van der Waals surface area contributed by atoms with Gasteiger partial charge in [-0.25, -0.2) is 9.59 Å². The molecule has 4 aromatic rings. The van der Waals surface area contributed by atoms with Gasteiger partial charge in [0.1, 0.15) is 0 Å². The smallest absolute Gasteiger partial charge is 0.337 e. The summed E-state index contributed by atoms with van der Waals surface area (Å²) in [6.45, 7) is 2.29. The van der Waals surface area contributed by atoms with Crippen LogP contribution >= 0.6 is 0 Å². The summed E-state index contributed by atoms with van der Waals surface area (Å²) in [5, 5.41) is 13.0. The Morgan fingerprint density at radius 1 is 0.938 bits per heavy atom. The monoisotopic (exact) mass is 437 g/mol. The van der Waals surface area contributed by atoms with Gasteiger partial charge >= 0.3 is 11.9 Å². The number of pyridine rings is 2. The van der Waals surface area contributed by atoms with Crippen molar-refractivity contribution in [3.05, 3.63) is 89.4 Å². The molecule has 0 radical (unpaired) electrons. The second-order valence-corrected chi connectivity index (χ2v) is 6.00. The molecule has 0 spiro atoms. The summed E-state index contributed by atoms with van der Waals surface area (Å²) in [7, 11) is 2.70. The number of hydrogen-bond donors (Lipinski definition) is 0. The number of fused-ring (bicyclic) bond motifs is 2. The van der Waals surface area contributed by atoms with E-state index in [1.165, 1.54) is 20.4 Å². The predicted molar refractivity (Wildman–Crippen MR) is 125 cm³/mol.